The van der Waals surface area contributed by atoms with Crippen LogP contribution in [0.3, 0.4) is 0 Å². The predicted molar refractivity (Wildman–Crippen MR) is 133 cm³/mol. The Morgan fingerprint density at radius 2 is 2.11 bits per heavy atom. The predicted octanol–water partition coefficient (Wildman–Crippen LogP) is 3.93. The van der Waals surface area contributed by atoms with Crippen LogP contribution in [0.4, 0.5) is 29.1 Å². The number of methoxy groups -OCH3 is 1. The Bertz CT molecular complexity index is 1480. The summed E-state index contributed by atoms with van der Waals surface area (Å²) >= 11 is 0.817. The number of ether oxygens (including phenoxy) is 2. The smallest absolute Gasteiger partial charge is 0.416 e. The number of alkyl halides is 3. The van der Waals surface area contributed by atoms with Crippen LogP contribution in [-0.4, -0.2) is 55.8 Å². The van der Waals surface area contributed by atoms with Gasteiger partial charge in [0.2, 0.25) is 11.8 Å². The van der Waals surface area contributed by atoms with Gasteiger partial charge >= 0.3 is 6.18 Å². The maximum Gasteiger partial charge on any atom is 0.416 e. The second kappa shape index (κ2) is 9.25. The zero-order valence-electron chi connectivity index (χ0n) is 20.1. The van der Waals surface area contributed by atoms with Gasteiger partial charge in [0.15, 0.2) is 23.7 Å². The molecule has 1 aliphatic heterocycles. The summed E-state index contributed by atoms with van der Waals surface area (Å²) in [7, 11) is 0.999. The van der Waals surface area contributed by atoms with E-state index in [1.165, 1.54) is 24.7 Å². The van der Waals surface area contributed by atoms with Gasteiger partial charge in [0.05, 0.1) is 33.9 Å². The van der Waals surface area contributed by atoms with Crippen LogP contribution in [0.15, 0.2) is 35.7 Å². The Morgan fingerprint density at radius 3 is 2.82 bits per heavy atom. The molecule has 0 amide bonds. The average Bonchev–Trinajstić information content (AvgIpc) is 3.59. The summed E-state index contributed by atoms with van der Waals surface area (Å²) < 4.78 is 65.3. The number of aromatic nitrogens is 4. The molecule has 3 aromatic heterocycles. The van der Waals surface area contributed by atoms with E-state index in [2.05, 4.69) is 36.2 Å². The first-order valence-corrected chi connectivity index (χ1v) is 12.1. The lowest BCUT2D eigenvalue weighted by Gasteiger charge is -2.37. The van der Waals surface area contributed by atoms with Crippen LogP contribution in [-0.2, 0) is 10.3 Å². The molecule has 3 aromatic rings. The van der Waals surface area contributed by atoms with Crippen molar-refractivity contribution in [3.63, 3.8) is 0 Å². The molecule has 4 heterocycles. The number of rotatable bonds is 7. The van der Waals surface area contributed by atoms with Crippen molar-refractivity contribution in [3.8, 4) is 18.2 Å². The van der Waals surface area contributed by atoms with Crippen LogP contribution >= 0.6 is 11.8 Å². The molecule has 0 unspecified atom stereocenters. The van der Waals surface area contributed by atoms with Crippen molar-refractivity contribution < 1.29 is 27.0 Å². The van der Waals surface area contributed by atoms with Gasteiger partial charge in [-0.05, 0) is 25.5 Å². The Labute approximate surface area is 218 Å². The van der Waals surface area contributed by atoms with Crippen molar-refractivity contribution in [2.75, 3.05) is 19.0 Å². The summed E-state index contributed by atoms with van der Waals surface area (Å²) in [6.07, 6.45) is 2.67. The van der Waals surface area contributed by atoms with Gasteiger partial charge < -0.3 is 20.5 Å². The molecule has 38 heavy (non-hydrogen) atoms. The minimum absolute atomic E-state index is 0.00838. The lowest BCUT2D eigenvalue weighted by Crippen LogP contribution is -2.48. The molecule has 0 saturated heterocycles. The quantitative estimate of drug-likeness (QED) is 0.258. The van der Waals surface area contributed by atoms with E-state index in [9.17, 15) is 13.2 Å². The molecular formula is C24H21F4N7O2S. The third-order valence-corrected chi connectivity index (χ3v) is 7.98. The molecule has 1 aliphatic carbocycles. The van der Waals surface area contributed by atoms with E-state index in [0.717, 1.165) is 18.9 Å². The van der Waals surface area contributed by atoms with Crippen LogP contribution in [0.2, 0.25) is 0 Å². The highest BCUT2D eigenvalue weighted by atomic mass is 32.2. The van der Waals surface area contributed by atoms with Crippen molar-refractivity contribution in [2.45, 2.75) is 35.9 Å². The third kappa shape index (κ3) is 4.35. The largest absolute Gasteiger partial charge is 0.463 e. The molecular weight excluding hydrogens is 526 g/mol. The van der Waals surface area contributed by atoms with E-state index in [0.29, 0.717) is 22.5 Å². The van der Waals surface area contributed by atoms with Crippen molar-refractivity contribution in [2.24, 2.45) is 16.6 Å². The minimum Gasteiger partial charge on any atom is -0.463 e. The number of nitrogens with zero attached hydrogens (tertiary/aromatic N) is 5. The number of fused-ring (bicyclic) bond motifs is 2. The zero-order valence-corrected chi connectivity index (χ0v) is 20.9. The van der Waals surface area contributed by atoms with Gasteiger partial charge in [0, 0.05) is 24.8 Å². The number of aliphatic imine (C=N–C) groups is 1. The number of amidine groups is 1. The van der Waals surface area contributed by atoms with Gasteiger partial charge in [-0.15, -0.1) is 6.42 Å². The van der Waals surface area contributed by atoms with Gasteiger partial charge in [-0.25, -0.2) is 19.9 Å². The molecule has 9 nitrogen and oxygen atoms in total. The van der Waals surface area contributed by atoms with E-state index >= 15 is 4.39 Å². The number of terminal acetylenes is 1. The fourth-order valence-corrected chi connectivity index (χ4v) is 6.57. The molecule has 3 N–H and O–H groups in total. The summed E-state index contributed by atoms with van der Waals surface area (Å²) in [5.41, 5.74) is 5.73. The van der Waals surface area contributed by atoms with E-state index in [-0.39, 0.29) is 29.6 Å². The Morgan fingerprint density at radius 1 is 1.32 bits per heavy atom. The van der Waals surface area contributed by atoms with Crippen LogP contribution in [0.25, 0.3) is 11.0 Å². The average molecular weight is 548 g/mol. The second-order valence-corrected chi connectivity index (χ2v) is 10.4. The van der Waals surface area contributed by atoms with Crippen LogP contribution in [0.5, 0.6) is 5.88 Å². The van der Waals surface area contributed by atoms with Crippen molar-refractivity contribution in [1.29, 1.82) is 0 Å². The number of nitrogens with one attached hydrogen (secondary N) is 1. The number of anilines is 2. The highest BCUT2D eigenvalue weighted by molar-refractivity contribution is 8.15. The zero-order chi connectivity index (χ0) is 27.3. The van der Waals surface area contributed by atoms with E-state index in [1.807, 2.05) is 0 Å². The summed E-state index contributed by atoms with van der Waals surface area (Å²) in [5, 5.41) is 2.95. The molecule has 1 fully saturated rings. The number of pyridine rings is 2. The number of nitrogens with two attached hydrogens (primary N) is 1. The van der Waals surface area contributed by atoms with Crippen LogP contribution in [0, 0.1) is 24.2 Å². The fourth-order valence-electron chi connectivity index (χ4n) is 4.99. The molecule has 0 spiro atoms. The number of halogens is 4. The Kier molecular flexibility index (Phi) is 6.31. The number of thioether (sulfide) groups is 1. The maximum atomic E-state index is 15.1. The molecule has 198 valence electrons. The molecule has 5 rings (SSSR count). The van der Waals surface area contributed by atoms with Gasteiger partial charge in [0.25, 0.3) is 0 Å². The summed E-state index contributed by atoms with van der Waals surface area (Å²) in [4.78, 5) is 21.2. The molecule has 0 bridgehead atoms. The van der Waals surface area contributed by atoms with Crippen molar-refractivity contribution in [1.82, 2.24) is 19.9 Å². The summed E-state index contributed by atoms with van der Waals surface area (Å²) in [6.45, 7) is 1.58. The van der Waals surface area contributed by atoms with Crippen LogP contribution in [0.1, 0.15) is 18.9 Å². The first-order chi connectivity index (χ1) is 18.0. The van der Waals surface area contributed by atoms with E-state index in [1.54, 1.807) is 13.0 Å². The van der Waals surface area contributed by atoms with Gasteiger partial charge in [-0.2, -0.15) is 17.6 Å². The molecule has 0 radical (unpaired) electrons. The molecule has 2 aliphatic rings. The molecule has 0 aromatic carbocycles. The van der Waals surface area contributed by atoms with E-state index < -0.39 is 34.4 Å². The molecule has 14 heteroatoms. The van der Waals surface area contributed by atoms with Crippen molar-refractivity contribution >= 4 is 39.5 Å². The first-order valence-electron chi connectivity index (χ1n) is 11.3. The van der Waals surface area contributed by atoms with Crippen LogP contribution < -0.4 is 15.8 Å². The van der Waals surface area contributed by atoms with Gasteiger partial charge in [0.1, 0.15) is 5.52 Å². The van der Waals surface area contributed by atoms with E-state index in [4.69, 9.17) is 21.6 Å². The standard InChI is InChI=1S/C24H21F4N7O2S/c1-4-7-37-16-11-31-17-14(34-16)5-6-30-19(17)33-12-8-13(18(25)32-10-12)22(2)15-9-23(15,38-21(29)35-22)20(36-3)24(26,27)28/h1,5-6,8,10-11,15,20H,7,9H2,2-3H3,(H2,29,35)(H,30,33)/t15-,20-,22+,23-/m0/s1. The highest BCUT2D eigenvalue weighted by Crippen LogP contribution is 2.69. The highest BCUT2D eigenvalue weighted by Gasteiger charge is 2.74. The first kappa shape index (κ1) is 25.9. The Hall–Kier alpha value is -3.70. The SMILES string of the molecule is C#CCOc1cnc2c(Nc3cnc(F)c([C@@]4(C)N=C(N)S[C@@]5([C@H](OC)C(F)(F)F)C[C@H]54)c3)nccc2n1. The molecule has 4 atom stereocenters. The summed E-state index contributed by atoms with van der Waals surface area (Å²) in [5.74, 6) is 1.30. The van der Waals surface area contributed by atoms with Gasteiger partial charge in [-0.3, -0.25) is 4.99 Å². The monoisotopic (exact) mass is 547 g/mol. The lowest BCUT2D eigenvalue weighted by atomic mass is 9.85. The normalized spacial score (nSPS) is 25.2. The van der Waals surface area contributed by atoms with Crippen molar-refractivity contribution in [3.05, 3.63) is 42.2 Å². The number of hydrogen-bond acceptors (Lipinski definition) is 10. The van der Waals surface area contributed by atoms with Gasteiger partial charge in [-0.1, -0.05) is 17.7 Å². The maximum absolute atomic E-state index is 15.1. The second-order valence-electron chi connectivity index (χ2n) is 8.98. The number of hydrogen-bond donors (Lipinski definition) is 2. The lowest BCUT2D eigenvalue weighted by molar-refractivity contribution is -0.216. The summed E-state index contributed by atoms with van der Waals surface area (Å²) in [6, 6.07) is 3.06. The fraction of sp³-hybridized carbons (Fsp3) is 0.375. The minimum atomic E-state index is -4.64. The topological polar surface area (TPSA) is 120 Å². The molecule has 1 saturated carbocycles. The Balaban J connectivity index is 1.49. The third-order valence-electron chi connectivity index (χ3n) is 6.63.